The average Bonchev–Trinajstić information content (AvgIpc) is 2.77. The molecule has 7 heteroatoms. The molecule has 1 heterocycles. The number of nitrogens with one attached hydrogen (secondary N) is 1. The number of rotatable bonds is 3. The van der Waals surface area contributed by atoms with Crippen molar-refractivity contribution in [3.05, 3.63) is 34.1 Å². The predicted molar refractivity (Wildman–Crippen MR) is 62.3 cm³/mol. The molecule has 0 saturated carbocycles. The molecule has 0 aliphatic carbocycles. The van der Waals surface area contributed by atoms with Crippen molar-refractivity contribution in [2.45, 2.75) is 13.3 Å². The van der Waals surface area contributed by atoms with Gasteiger partial charge in [-0.3, -0.25) is 15.2 Å². The average molecular weight is 233 g/mol. The van der Waals surface area contributed by atoms with E-state index in [1.807, 2.05) is 6.92 Å². The first-order chi connectivity index (χ1) is 8.11. The molecule has 17 heavy (non-hydrogen) atoms. The molecule has 0 aliphatic rings. The molecule has 0 spiro atoms. The zero-order chi connectivity index (χ0) is 12.4. The Morgan fingerprint density at radius 3 is 2.82 bits per heavy atom. The first-order valence-corrected chi connectivity index (χ1v) is 5.07. The molecule has 0 fully saturated rings. The highest BCUT2D eigenvalue weighted by Gasteiger charge is 2.13. The number of benzene rings is 1. The van der Waals surface area contributed by atoms with Crippen LogP contribution in [0.25, 0.3) is 11.4 Å². The van der Waals surface area contributed by atoms with Gasteiger partial charge >= 0.3 is 0 Å². The lowest BCUT2D eigenvalue weighted by Crippen LogP contribution is -1.95. The fraction of sp³-hybridized carbons (Fsp3) is 0.200. The molecule has 0 atom stereocenters. The minimum atomic E-state index is -0.490. The number of aromatic amines is 1. The number of nitro benzene ring substituents is 1. The van der Waals surface area contributed by atoms with Gasteiger partial charge < -0.3 is 5.73 Å². The molecule has 1 aromatic heterocycles. The molecule has 7 nitrogen and oxygen atoms in total. The number of non-ortho nitro benzene ring substituents is 1. The van der Waals surface area contributed by atoms with Gasteiger partial charge in [-0.15, -0.1) is 0 Å². The molecule has 0 aliphatic heterocycles. The molecule has 0 unspecified atom stereocenters. The summed E-state index contributed by atoms with van der Waals surface area (Å²) in [5.41, 5.74) is 6.58. The summed E-state index contributed by atoms with van der Waals surface area (Å²) in [4.78, 5) is 14.3. The van der Waals surface area contributed by atoms with E-state index in [0.717, 1.165) is 12.2 Å². The topological polar surface area (TPSA) is 111 Å². The van der Waals surface area contributed by atoms with Crippen LogP contribution in [-0.4, -0.2) is 20.1 Å². The van der Waals surface area contributed by atoms with Crippen molar-refractivity contribution < 1.29 is 4.92 Å². The van der Waals surface area contributed by atoms with Crippen LogP contribution in [0.2, 0.25) is 0 Å². The van der Waals surface area contributed by atoms with E-state index in [-0.39, 0.29) is 5.69 Å². The Morgan fingerprint density at radius 1 is 1.53 bits per heavy atom. The number of nitrogen functional groups attached to an aromatic ring is 1. The summed E-state index contributed by atoms with van der Waals surface area (Å²) in [6, 6.07) is 4.24. The van der Waals surface area contributed by atoms with Gasteiger partial charge in [0.15, 0.2) is 5.82 Å². The van der Waals surface area contributed by atoms with Gasteiger partial charge in [0.05, 0.1) is 4.92 Å². The smallest absolute Gasteiger partial charge is 0.271 e. The second-order valence-electron chi connectivity index (χ2n) is 3.49. The second-order valence-corrected chi connectivity index (χ2v) is 3.49. The van der Waals surface area contributed by atoms with E-state index in [0.29, 0.717) is 17.1 Å². The monoisotopic (exact) mass is 233 g/mol. The molecule has 1 aromatic carbocycles. The van der Waals surface area contributed by atoms with Gasteiger partial charge in [-0.2, -0.15) is 5.10 Å². The highest BCUT2D eigenvalue weighted by Crippen LogP contribution is 2.26. The van der Waals surface area contributed by atoms with Gasteiger partial charge in [-0.25, -0.2) is 4.98 Å². The van der Waals surface area contributed by atoms with Crippen LogP contribution in [0.1, 0.15) is 12.7 Å². The van der Waals surface area contributed by atoms with Gasteiger partial charge in [0.1, 0.15) is 5.82 Å². The number of aryl methyl sites for hydroxylation is 1. The maximum atomic E-state index is 10.6. The van der Waals surface area contributed by atoms with Crippen molar-refractivity contribution in [1.29, 1.82) is 0 Å². The Bertz CT molecular complexity index is 564. The van der Waals surface area contributed by atoms with Crippen LogP contribution < -0.4 is 5.73 Å². The lowest BCUT2D eigenvalue weighted by molar-refractivity contribution is -0.384. The summed E-state index contributed by atoms with van der Waals surface area (Å²) < 4.78 is 0. The highest BCUT2D eigenvalue weighted by atomic mass is 16.6. The molecule has 0 amide bonds. The number of nitrogens with zero attached hydrogens (tertiary/aromatic N) is 3. The van der Waals surface area contributed by atoms with Crippen LogP contribution in [0, 0.1) is 10.1 Å². The lowest BCUT2D eigenvalue weighted by atomic mass is 10.1. The number of nitro groups is 1. The second kappa shape index (κ2) is 4.20. The van der Waals surface area contributed by atoms with Gasteiger partial charge in [0, 0.05) is 29.8 Å². The zero-order valence-corrected chi connectivity index (χ0v) is 9.17. The first-order valence-electron chi connectivity index (χ1n) is 5.07. The van der Waals surface area contributed by atoms with Crippen molar-refractivity contribution in [1.82, 2.24) is 15.2 Å². The van der Waals surface area contributed by atoms with E-state index in [4.69, 9.17) is 5.73 Å². The molecular formula is C10H11N5O2. The summed E-state index contributed by atoms with van der Waals surface area (Å²) in [5.74, 6) is 1.20. The van der Waals surface area contributed by atoms with Crippen LogP contribution in [0.5, 0.6) is 0 Å². The molecular weight excluding hydrogens is 222 g/mol. The maximum absolute atomic E-state index is 10.6. The molecule has 2 aromatic rings. The number of anilines is 1. The number of H-pyrrole nitrogens is 1. The highest BCUT2D eigenvalue weighted by molar-refractivity contribution is 5.73. The van der Waals surface area contributed by atoms with Crippen molar-refractivity contribution >= 4 is 11.4 Å². The van der Waals surface area contributed by atoms with Crippen LogP contribution in [0.15, 0.2) is 18.2 Å². The third-order valence-corrected chi connectivity index (χ3v) is 2.35. The Kier molecular flexibility index (Phi) is 2.73. The summed E-state index contributed by atoms with van der Waals surface area (Å²) >= 11 is 0. The van der Waals surface area contributed by atoms with Crippen LogP contribution in [0.4, 0.5) is 11.4 Å². The quantitative estimate of drug-likeness (QED) is 0.474. The maximum Gasteiger partial charge on any atom is 0.271 e. The van der Waals surface area contributed by atoms with Crippen molar-refractivity contribution in [3.8, 4) is 11.4 Å². The molecule has 88 valence electrons. The number of aromatic nitrogens is 3. The predicted octanol–water partition coefficient (Wildman–Crippen LogP) is 1.52. The Balaban J connectivity index is 2.42. The normalized spacial score (nSPS) is 10.4. The fourth-order valence-electron chi connectivity index (χ4n) is 1.44. The Labute approximate surface area is 96.8 Å². The third kappa shape index (κ3) is 2.07. The lowest BCUT2D eigenvalue weighted by Gasteiger charge is -2.00. The standard InChI is InChI=1S/C10H11N5O2/c1-2-9-12-10(14-13-9)7-4-3-6(15(16)17)5-8(7)11/h3-5H,2,11H2,1H3,(H,12,13,14). The van der Waals surface area contributed by atoms with E-state index in [1.165, 1.54) is 12.1 Å². The van der Waals surface area contributed by atoms with Crippen LogP contribution in [-0.2, 0) is 6.42 Å². The number of nitrogens with two attached hydrogens (primary N) is 1. The Hall–Kier alpha value is -2.44. The molecule has 0 bridgehead atoms. The first kappa shape index (κ1) is 11.1. The van der Waals surface area contributed by atoms with E-state index in [1.54, 1.807) is 6.07 Å². The van der Waals surface area contributed by atoms with Gasteiger partial charge in [0.25, 0.3) is 5.69 Å². The van der Waals surface area contributed by atoms with Crippen LogP contribution >= 0.6 is 0 Å². The molecule has 0 saturated heterocycles. The molecule has 0 radical (unpaired) electrons. The summed E-state index contributed by atoms with van der Waals surface area (Å²) in [7, 11) is 0. The van der Waals surface area contributed by atoms with Gasteiger partial charge in [-0.05, 0) is 6.07 Å². The Morgan fingerprint density at radius 2 is 2.29 bits per heavy atom. The molecule has 3 N–H and O–H groups in total. The summed E-state index contributed by atoms with van der Waals surface area (Å²) in [6.45, 7) is 1.95. The van der Waals surface area contributed by atoms with Crippen molar-refractivity contribution in [3.63, 3.8) is 0 Å². The largest absolute Gasteiger partial charge is 0.398 e. The number of hydrogen-bond acceptors (Lipinski definition) is 5. The SMILES string of the molecule is CCc1nc(-c2ccc([N+](=O)[O-])cc2N)n[nH]1. The van der Waals surface area contributed by atoms with E-state index in [2.05, 4.69) is 15.2 Å². The van der Waals surface area contributed by atoms with E-state index < -0.39 is 4.92 Å². The zero-order valence-electron chi connectivity index (χ0n) is 9.17. The third-order valence-electron chi connectivity index (χ3n) is 2.35. The van der Waals surface area contributed by atoms with E-state index >= 15 is 0 Å². The summed E-state index contributed by atoms with van der Waals surface area (Å²) in [6.07, 6.45) is 0.736. The minimum absolute atomic E-state index is 0.0440. The van der Waals surface area contributed by atoms with Crippen LogP contribution in [0.3, 0.4) is 0 Å². The van der Waals surface area contributed by atoms with Crippen molar-refractivity contribution in [2.75, 3.05) is 5.73 Å². The minimum Gasteiger partial charge on any atom is -0.398 e. The fourth-order valence-corrected chi connectivity index (χ4v) is 1.44. The molecule has 2 rings (SSSR count). The van der Waals surface area contributed by atoms with Gasteiger partial charge in [-0.1, -0.05) is 6.92 Å². The van der Waals surface area contributed by atoms with E-state index in [9.17, 15) is 10.1 Å². The number of hydrogen-bond donors (Lipinski definition) is 2. The summed E-state index contributed by atoms with van der Waals surface area (Å²) in [5, 5.41) is 17.3. The van der Waals surface area contributed by atoms with Crippen molar-refractivity contribution in [2.24, 2.45) is 0 Å². The van der Waals surface area contributed by atoms with Gasteiger partial charge in [0.2, 0.25) is 0 Å².